The molecule has 0 N–H and O–H groups in total. The van der Waals surface area contributed by atoms with Gasteiger partial charge in [-0.1, -0.05) is 98.4 Å². The number of nitrogens with zero attached hydrogens (tertiary/aromatic N) is 5. The molecular weight excluding hydrogens is 685 g/mol. The van der Waals surface area contributed by atoms with Crippen LogP contribution in [-0.4, -0.2) is 20.5 Å². The maximum absolute atomic E-state index is 17.6. The van der Waals surface area contributed by atoms with Crippen LogP contribution in [0.5, 0.6) is 0 Å². The van der Waals surface area contributed by atoms with Crippen LogP contribution in [0.1, 0.15) is 108 Å². The van der Waals surface area contributed by atoms with Crippen LogP contribution in [0.25, 0.3) is 27.6 Å². The topological polar surface area (TPSA) is 36.7 Å². The third kappa shape index (κ3) is 6.36. The van der Waals surface area contributed by atoms with Gasteiger partial charge < -0.3 is 0 Å². The second-order valence-electron chi connectivity index (χ2n) is 15.9. The molecule has 8 rings (SSSR count). The molecule has 1 aliphatic rings. The molecule has 4 aromatic carbocycles. The number of rotatable bonds is 5. The van der Waals surface area contributed by atoms with Crippen LogP contribution >= 0.6 is 0 Å². The van der Waals surface area contributed by atoms with E-state index in [1.165, 1.54) is 28.8 Å². The van der Waals surface area contributed by atoms with Crippen molar-refractivity contribution in [3.63, 3.8) is 0 Å². The van der Waals surface area contributed by atoms with Gasteiger partial charge in [0.25, 0.3) is 17.3 Å². The lowest BCUT2D eigenvalue weighted by atomic mass is 9.84. The van der Waals surface area contributed by atoms with E-state index in [2.05, 4.69) is 36.7 Å². The molecule has 0 amide bonds. The zero-order valence-electron chi connectivity index (χ0n) is 44.2. The number of hydrogen-bond acceptors (Lipinski definition) is 2. The number of alkyl halides is 2. The summed E-state index contributed by atoms with van der Waals surface area (Å²) in [6.07, 6.45) is 5.02. The molecule has 0 fully saturated rings. The van der Waals surface area contributed by atoms with Gasteiger partial charge in [0, 0.05) is 83.0 Å². The number of para-hydroxylation sites is 2. The zero-order chi connectivity index (χ0) is 50.1. The highest BCUT2D eigenvalue weighted by Gasteiger charge is 2.41. The van der Waals surface area contributed by atoms with Crippen molar-refractivity contribution in [3.05, 3.63) is 149 Å². The van der Waals surface area contributed by atoms with Crippen molar-refractivity contribution < 1.29 is 26.6 Å². The maximum Gasteiger partial charge on any atom is 0.503 e. The lowest BCUT2D eigenvalue weighted by Gasteiger charge is -2.23. The molecular formula is C48H47F2N5+2. The normalized spacial score (nSPS) is 17.8. The van der Waals surface area contributed by atoms with E-state index in [0.29, 0.717) is 28.1 Å². The summed E-state index contributed by atoms with van der Waals surface area (Å²) < 4.78 is 150. The molecule has 5 nitrogen and oxygen atoms in total. The largest absolute Gasteiger partial charge is 0.503 e. The molecule has 0 spiro atoms. The van der Waals surface area contributed by atoms with Crippen LogP contribution in [-0.2, 0) is 22.2 Å². The summed E-state index contributed by atoms with van der Waals surface area (Å²) in [5, 5.41) is 1.52. The summed E-state index contributed by atoms with van der Waals surface area (Å²) in [7, 11) is 0. The number of hydrogen-bond donors (Lipinski definition) is 0. The molecule has 55 heavy (non-hydrogen) atoms. The molecule has 4 heterocycles. The van der Waals surface area contributed by atoms with Gasteiger partial charge in [-0.2, -0.15) is 8.78 Å². The predicted octanol–water partition coefficient (Wildman–Crippen LogP) is 12.5. The Balaban J connectivity index is 1.36. The van der Waals surface area contributed by atoms with Gasteiger partial charge >= 0.3 is 6.01 Å². The first-order chi connectivity index (χ1) is 31.3. The first kappa shape index (κ1) is 23.9. The van der Waals surface area contributed by atoms with Gasteiger partial charge in [-0.05, 0) is 72.4 Å². The molecule has 3 aromatic heterocycles. The summed E-state index contributed by atoms with van der Waals surface area (Å²) in [6, 6.07) is 19.8. The van der Waals surface area contributed by atoms with Crippen molar-refractivity contribution in [1.82, 2.24) is 23.7 Å². The summed E-state index contributed by atoms with van der Waals surface area (Å²) in [5.74, 6) is -3.09. The third-order valence-electron chi connectivity index (χ3n) is 9.95. The Morgan fingerprint density at radius 1 is 0.618 bits per heavy atom. The van der Waals surface area contributed by atoms with Crippen LogP contribution in [0, 0.1) is 0 Å². The summed E-state index contributed by atoms with van der Waals surface area (Å²) >= 11 is 0. The SMILES string of the molecule is [2H]c1c([2H])c(C(C([2H])([2H])[2H])(C([2H])([2H])[2H])C([2H])([2H])[2H])c([2H])c([2H])c1[N+]1=C=[N+](c2cc(C(C)(C)C)cc(C(F)(F)c3ccc4c5ccncc5n(-c5cc(C(C)(C)C)ccn5)c4c3)c2)c2ccccc21. The van der Waals surface area contributed by atoms with Gasteiger partial charge in [0.2, 0.25) is 11.4 Å². The van der Waals surface area contributed by atoms with Gasteiger partial charge in [-0.3, -0.25) is 9.55 Å². The van der Waals surface area contributed by atoms with E-state index in [4.69, 9.17) is 17.8 Å². The highest BCUT2D eigenvalue weighted by atomic mass is 19.3. The Kier molecular flexibility index (Phi) is 5.49. The second kappa shape index (κ2) is 12.6. The monoisotopic (exact) mass is 744 g/mol. The van der Waals surface area contributed by atoms with E-state index in [1.807, 2.05) is 43.5 Å². The third-order valence-corrected chi connectivity index (χ3v) is 9.95. The van der Waals surface area contributed by atoms with E-state index in [1.54, 1.807) is 55.0 Å². The lowest BCUT2D eigenvalue weighted by Crippen LogP contribution is -2.19. The van der Waals surface area contributed by atoms with Gasteiger partial charge in [0.05, 0.1) is 22.7 Å². The van der Waals surface area contributed by atoms with E-state index in [0.717, 1.165) is 20.9 Å². The highest BCUT2D eigenvalue weighted by molar-refractivity contribution is 6.09. The Labute approximate surface area is 340 Å². The molecule has 0 saturated carbocycles. The van der Waals surface area contributed by atoms with Crippen LogP contribution in [0.2, 0.25) is 0 Å². The average Bonchev–Trinajstić information content (AvgIpc) is 3.78. The number of aromatic nitrogens is 3. The van der Waals surface area contributed by atoms with Crippen LogP contribution in [0.4, 0.5) is 31.5 Å². The van der Waals surface area contributed by atoms with Crippen molar-refractivity contribution in [2.75, 3.05) is 0 Å². The van der Waals surface area contributed by atoms with Crippen molar-refractivity contribution in [1.29, 1.82) is 0 Å². The molecule has 276 valence electrons. The number of fused-ring (bicyclic) bond motifs is 4. The molecule has 1 aliphatic heterocycles. The Bertz CT molecular complexity index is 3230. The van der Waals surface area contributed by atoms with Crippen LogP contribution in [0.15, 0.2) is 122 Å². The fourth-order valence-electron chi connectivity index (χ4n) is 6.86. The molecule has 0 saturated heterocycles. The lowest BCUT2D eigenvalue weighted by molar-refractivity contribution is 0.0428. The molecule has 0 atom stereocenters. The summed E-state index contributed by atoms with van der Waals surface area (Å²) in [5.41, 5.74) is -3.86. The fraction of sp³-hybridized carbons (Fsp3) is 0.271. The number of pyridine rings is 2. The predicted molar refractivity (Wildman–Crippen MR) is 223 cm³/mol. The maximum atomic E-state index is 17.6. The Morgan fingerprint density at radius 3 is 1.95 bits per heavy atom. The minimum Gasteiger partial charge on any atom is -0.292 e. The van der Waals surface area contributed by atoms with Gasteiger partial charge in [0.15, 0.2) is 0 Å². The van der Waals surface area contributed by atoms with Gasteiger partial charge in [-0.15, -0.1) is 0 Å². The molecule has 0 unspecified atom stereocenters. The average molecular weight is 745 g/mol. The van der Waals surface area contributed by atoms with Crippen LogP contribution < -0.4 is 9.15 Å². The smallest absolute Gasteiger partial charge is 0.292 e. The minimum absolute atomic E-state index is 0.185. The Hall–Kier alpha value is -5.78. The van der Waals surface area contributed by atoms with Crippen molar-refractivity contribution >= 4 is 50.6 Å². The summed E-state index contributed by atoms with van der Waals surface area (Å²) in [4.78, 5) is 9.02. The van der Waals surface area contributed by atoms with Gasteiger partial charge in [-0.25, -0.2) is 4.98 Å². The zero-order valence-corrected chi connectivity index (χ0v) is 31.2. The first-order valence-electron chi connectivity index (χ1n) is 24.3. The highest BCUT2D eigenvalue weighted by Crippen LogP contribution is 2.44. The number of benzene rings is 4. The molecule has 0 aliphatic carbocycles. The second-order valence-corrected chi connectivity index (χ2v) is 15.9. The minimum atomic E-state index is -3.86. The molecule has 0 bridgehead atoms. The van der Waals surface area contributed by atoms with Gasteiger partial charge in [0.1, 0.15) is 5.82 Å². The van der Waals surface area contributed by atoms with Crippen molar-refractivity contribution in [3.8, 4) is 5.82 Å². The molecule has 7 aromatic rings. The summed E-state index contributed by atoms with van der Waals surface area (Å²) in [6.45, 7) is 0.243. The Morgan fingerprint density at radius 2 is 1.27 bits per heavy atom. The fourth-order valence-corrected chi connectivity index (χ4v) is 6.86. The van der Waals surface area contributed by atoms with E-state index >= 15 is 8.78 Å². The quantitative estimate of drug-likeness (QED) is 0.165. The van der Waals surface area contributed by atoms with Crippen LogP contribution in [0.3, 0.4) is 0 Å². The van der Waals surface area contributed by atoms with E-state index in [-0.39, 0.29) is 27.9 Å². The first-order valence-corrected chi connectivity index (χ1v) is 17.8. The standard InChI is InChI=1S/C48H47F2N5/c1-45(2,3)31-14-17-36(18-15-31)53-30-54(41-13-11-10-12-40(41)53)37-25-34(47(7,8)9)24-35(26-37)48(49,50)33-16-19-38-39-21-22-51-29-43(39)55(42(38)27-33)44-28-32(20-23-52-44)46(4,5)6/h10-29H,1-9H3/q+2/i1D3,2D3,3D3,14D,15D,17D,18D. The molecule has 0 radical (unpaired) electrons. The molecule has 7 heteroatoms. The number of halogens is 2. The van der Waals surface area contributed by atoms with E-state index < -0.39 is 72.7 Å². The van der Waals surface area contributed by atoms with Crippen molar-refractivity contribution in [2.45, 2.75) is 84.3 Å². The van der Waals surface area contributed by atoms with Crippen molar-refractivity contribution in [2.24, 2.45) is 0 Å². The van der Waals surface area contributed by atoms with E-state index in [9.17, 15) is 0 Å².